The van der Waals surface area contributed by atoms with Crippen molar-refractivity contribution in [3.8, 4) is 22.5 Å². The first-order chi connectivity index (χ1) is 9.16. The van der Waals surface area contributed by atoms with Crippen LogP contribution in [0, 0.1) is 0 Å². The van der Waals surface area contributed by atoms with Gasteiger partial charge in [-0.15, -0.1) is 0 Å². The molecule has 3 aromatic rings. The highest BCUT2D eigenvalue weighted by atomic mass is 15.3. The van der Waals surface area contributed by atoms with Gasteiger partial charge in [-0.1, -0.05) is 30.3 Å². The first kappa shape index (κ1) is 11.5. The third-order valence-corrected chi connectivity index (χ3v) is 3.10. The Labute approximate surface area is 111 Å². The normalized spacial score (nSPS) is 10.8. The fourth-order valence-corrected chi connectivity index (χ4v) is 2.14. The average Bonchev–Trinajstić information content (AvgIpc) is 2.96. The minimum Gasteiger partial charge on any atom is -0.383 e. The summed E-state index contributed by atoms with van der Waals surface area (Å²) in [7, 11) is 3.78. The second-order valence-corrected chi connectivity index (χ2v) is 4.52. The number of hydrogen-bond donors (Lipinski definition) is 1. The van der Waals surface area contributed by atoms with Crippen molar-refractivity contribution in [1.82, 2.24) is 19.3 Å². The number of aromatic nitrogens is 4. The van der Waals surface area contributed by atoms with Crippen molar-refractivity contribution in [2.75, 3.05) is 5.73 Å². The fraction of sp³-hybridized carbons (Fsp3) is 0.143. The van der Waals surface area contributed by atoms with Crippen LogP contribution in [0.2, 0.25) is 0 Å². The Hall–Kier alpha value is -2.56. The number of anilines is 1. The van der Waals surface area contributed by atoms with Crippen LogP contribution in [-0.2, 0) is 14.1 Å². The first-order valence-corrected chi connectivity index (χ1v) is 6.03. The van der Waals surface area contributed by atoms with Gasteiger partial charge in [-0.05, 0) is 5.56 Å². The average molecular weight is 253 g/mol. The quantitative estimate of drug-likeness (QED) is 0.760. The zero-order valence-corrected chi connectivity index (χ0v) is 10.9. The SMILES string of the molecule is Cn1cnc(-c2nn(C)c(N)c2-c2ccccc2)c1. The lowest BCUT2D eigenvalue weighted by Gasteiger charge is -2.02. The maximum Gasteiger partial charge on any atom is 0.129 e. The first-order valence-electron chi connectivity index (χ1n) is 6.03. The summed E-state index contributed by atoms with van der Waals surface area (Å²) >= 11 is 0. The van der Waals surface area contributed by atoms with E-state index in [0.717, 1.165) is 22.5 Å². The van der Waals surface area contributed by atoms with Crippen molar-refractivity contribution in [2.24, 2.45) is 14.1 Å². The molecule has 96 valence electrons. The van der Waals surface area contributed by atoms with Crippen LogP contribution in [0.25, 0.3) is 22.5 Å². The summed E-state index contributed by atoms with van der Waals surface area (Å²) in [6.45, 7) is 0. The smallest absolute Gasteiger partial charge is 0.129 e. The monoisotopic (exact) mass is 253 g/mol. The maximum atomic E-state index is 6.15. The molecular formula is C14H15N5. The molecule has 2 heterocycles. The molecule has 0 amide bonds. The molecule has 19 heavy (non-hydrogen) atoms. The molecule has 1 aromatic carbocycles. The van der Waals surface area contributed by atoms with Crippen molar-refractivity contribution < 1.29 is 0 Å². The number of aryl methyl sites for hydroxylation is 2. The molecule has 3 rings (SSSR count). The molecule has 0 aliphatic rings. The third-order valence-electron chi connectivity index (χ3n) is 3.10. The molecule has 0 saturated carbocycles. The number of benzene rings is 1. The van der Waals surface area contributed by atoms with Crippen molar-refractivity contribution in [1.29, 1.82) is 0 Å². The number of nitrogens with zero attached hydrogens (tertiary/aromatic N) is 4. The van der Waals surface area contributed by atoms with Gasteiger partial charge in [-0.3, -0.25) is 4.68 Å². The van der Waals surface area contributed by atoms with Crippen molar-refractivity contribution in [3.63, 3.8) is 0 Å². The molecule has 0 unspecified atom stereocenters. The second-order valence-electron chi connectivity index (χ2n) is 4.52. The third kappa shape index (κ3) is 1.89. The Bertz CT molecular complexity index is 709. The van der Waals surface area contributed by atoms with E-state index in [1.807, 2.05) is 55.2 Å². The van der Waals surface area contributed by atoms with Crippen LogP contribution in [-0.4, -0.2) is 19.3 Å². The van der Waals surface area contributed by atoms with Gasteiger partial charge in [0.05, 0.1) is 11.9 Å². The molecular weight excluding hydrogens is 238 g/mol. The Balaban J connectivity index is 2.24. The van der Waals surface area contributed by atoms with Crippen LogP contribution in [0.3, 0.4) is 0 Å². The number of hydrogen-bond acceptors (Lipinski definition) is 3. The van der Waals surface area contributed by atoms with E-state index in [1.165, 1.54) is 0 Å². The predicted octanol–water partition coefficient (Wildman–Crippen LogP) is 2.07. The molecule has 0 aliphatic carbocycles. The largest absolute Gasteiger partial charge is 0.383 e. The molecule has 0 fully saturated rings. The molecule has 2 N–H and O–H groups in total. The summed E-state index contributed by atoms with van der Waals surface area (Å²) < 4.78 is 3.58. The molecule has 0 atom stereocenters. The molecule has 0 bridgehead atoms. The highest BCUT2D eigenvalue weighted by molar-refractivity contribution is 5.86. The lowest BCUT2D eigenvalue weighted by molar-refractivity contribution is 0.781. The minimum absolute atomic E-state index is 0.645. The standard InChI is InChI=1S/C14H15N5/c1-18-8-11(16-9-18)13-12(14(15)19(2)17-13)10-6-4-3-5-7-10/h3-9H,15H2,1-2H3. The summed E-state index contributed by atoms with van der Waals surface area (Å²) in [5.41, 5.74) is 9.77. The molecule has 2 aromatic heterocycles. The van der Waals surface area contributed by atoms with Crippen molar-refractivity contribution >= 4 is 5.82 Å². The number of nitrogens with two attached hydrogens (primary N) is 1. The van der Waals surface area contributed by atoms with Gasteiger partial charge >= 0.3 is 0 Å². The molecule has 0 spiro atoms. The number of rotatable bonds is 2. The van der Waals surface area contributed by atoms with Gasteiger partial charge in [0.15, 0.2) is 0 Å². The minimum atomic E-state index is 0.645. The molecule has 5 nitrogen and oxygen atoms in total. The van der Waals surface area contributed by atoms with E-state index in [9.17, 15) is 0 Å². The van der Waals surface area contributed by atoms with Gasteiger partial charge in [0, 0.05) is 20.3 Å². The summed E-state index contributed by atoms with van der Waals surface area (Å²) in [5.74, 6) is 0.645. The molecule has 0 saturated heterocycles. The molecule has 0 aliphatic heterocycles. The van der Waals surface area contributed by atoms with Crippen LogP contribution in [0.5, 0.6) is 0 Å². The number of imidazole rings is 1. The summed E-state index contributed by atoms with van der Waals surface area (Å²) in [6, 6.07) is 10.0. The van der Waals surface area contributed by atoms with Crippen LogP contribution in [0.4, 0.5) is 5.82 Å². The highest BCUT2D eigenvalue weighted by Gasteiger charge is 2.18. The second kappa shape index (κ2) is 4.28. The molecule has 5 heteroatoms. The molecule has 0 radical (unpaired) electrons. The Kier molecular flexibility index (Phi) is 2.59. The predicted molar refractivity (Wildman–Crippen MR) is 75.3 cm³/mol. The van der Waals surface area contributed by atoms with E-state index in [4.69, 9.17) is 5.73 Å². The summed E-state index contributed by atoms with van der Waals surface area (Å²) in [5, 5.41) is 4.49. The zero-order chi connectivity index (χ0) is 13.4. The van der Waals surface area contributed by atoms with Crippen molar-refractivity contribution in [3.05, 3.63) is 42.9 Å². The van der Waals surface area contributed by atoms with E-state index in [2.05, 4.69) is 10.1 Å². The summed E-state index contributed by atoms with van der Waals surface area (Å²) in [4.78, 5) is 4.36. The fourth-order valence-electron chi connectivity index (χ4n) is 2.14. The van der Waals surface area contributed by atoms with Gasteiger partial charge in [-0.2, -0.15) is 5.10 Å². The highest BCUT2D eigenvalue weighted by Crippen LogP contribution is 2.34. The van der Waals surface area contributed by atoms with Crippen molar-refractivity contribution in [2.45, 2.75) is 0 Å². The van der Waals surface area contributed by atoms with Gasteiger partial charge in [0.2, 0.25) is 0 Å². The Morgan fingerprint density at radius 1 is 1.11 bits per heavy atom. The van der Waals surface area contributed by atoms with Crippen LogP contribution in [0.1, 0.15) is 0 Å². The van der Waals surface area contributed by atoms with E-state index in [1.54, 1.807) is 11.0 Å². The Morgan fingerprint density at radius 3 is 2.47 bits per heavy atom. The zero-order valence-electron chi connectivity index (χ0n) is 10.9. The van der Waals surface area contributed by atoms with Crippen LogP contribution < -0.4 is 5.73 Å². The van der Waals surface area contributed by atoms with Gasteiger partial charge in [0.1, 0.15) is 17.2 Å². The van der Waals surface area contributed by atoms with Gasteiger partial charge < -0.3 is 10.3 Å². The van der Waals surface area contributed by atoms with Gasteiger partial charge in [-0.25, -0.2) is 4.98 Å². The van der Waals surface area contributed by atoms with E-state index in [-0.39, 0.29) is 0 Å². The lowest BCUT2D eigenvalue weighted by Crippen LogP contribution is -1.97. The maximum absolute atomic E-state index is 6.15. The van der Waals surface area contributed by atoms with Crippen LogP contribution >= 0.6 is 0 Å². The van der Waals surface area contributed by atoms with E-state index in [0.29, 0.717) is 5.82 Å². The summed E-state index contributed by atoms with van der Waals surface area (Å²) in [6.07, 6.45) is 3.70. The number of nitrogen functional groups attached to an aromatic ring is 1. The lowest BCUT2D eigenvalue weighted by atomic mass is 10.0. The van der Waals surface area contributed by atoms with Crippen LogP contribution in [0.15, 0.2) is 42.9 Å². The van der Waals surface area contributed by atoms with Gasteiger partial charge in [0.25, 0.3) is 0 Å². The Morgan fingerprint density at radius 2 is 1.84 bits per heavy atom. The van der Waals surface area contributed by atoms with E-state index < -0.39 is 0 Å². The van der Waals surface area contributed by atoms with E-state index >= 15 is 0 Å². The topological polar surface area (TPSA) is 61.7 Å².